The van der Waals surface area contributed by atoms with Gasteiger partial charge in [-0.2, -0.15) is 8.78 Å². The molecule has 0 spiro atoms. The molecule has 1 atom stereocenters. The minimum Gasteiger partial charge on any atom is -0.433 e. The standard InChI is InChI=1S/C17H23F2IO/c1-12-4-7-14(8-5-12)17(18,19)21-15-9-6-13(2)10-16(3,20)11-15/h6,9-12,14H,4-5,7-8H2,1-3H3. The zero-order valence-corrected chi connectivity index (χ0v) is 15.0. The van der Waals surface area contributed by atoms with Gasteiger partial charge in [0.15, 0.2) is 0 Å². The highest BCUT2D eigenvalue weighted by Crippen LogP contribution is 2.41. The van der Waals surface area contributed by atoms with Crippen LogP contribution in [0.5, 0.6) is 0 Å². The number of ether oxygens (including phenoxy) is 1. The van der Waals surface area contributed by atoms with E-state index in [1.54, 1.807) is 12.2 Å². The summed E-state index contributed by atoms with van der Waals surface area (Å²) in [6.45, 7) is 6.07. The van der Waals surface area contributed by atoms with Gasteiger partial charge in [-0.15, -0.1) is 0 Å². The van der Waals surface area contributed by atoms with Crippen molar-refractivity contribution in [3.8, 4) is 0 Å². The van der Waals surface area contributed by atoms with Crippen molar-refractivity contribution in [3.63, 3.8) is 0 Å². The van der Waals surface area contributed by atoms with E-state index < -0.39 is 12.0 Å². The van der Waals surface area contributed by atoms with Crippen LogP contribution in [0, 0.1) is 11.8 Å². The molecular weight excluding hydrogens is 385 g/mol. The van der Waals surface area contributed by atoms with Crippen LogP contribution in [0.1, 0.15) is 46.5 Å². The number of rotatable bonds is 3. The van der Waals surface area contributed by atoms with Crippen LogP contribution in [0.2, 0.25) is 0 Å². The maximum atomic E-state index is 14.4. The van der Waals surface area contributed by atoms with E-state index in [1.165, 1.54) is 0 Å². The first-order chi connectivity index (χ1) is 9.68. The molecule has 0 saturated heterocycles. The molecule has 0 N–H and O–H groups in total. The van der Waals surface area contributed by atoms with Crippen LogP contribution in [0.15, 0.2) is 35.6 Å². The molecule has 1 nitrogen and oxygen atoms in total. The van der Waals surface area contributed by atoms with Gasteiger partial charge in [0.1, 0.15) is 5.76 Å². The Kier molecular flexibility index (Phi) is 5.16. The molecular formula is C17H23F2IO. The Hall–Kier alpha value is -0.390. The normalized spacial score (nSPS) is 34.0. The second-order valence-corrected chi connectivity index (χ2v) is 8.86. The summed E-state index contributed by atoms with van der Waals surface area (Å²) in [5.41, 5.74) is 1.05. The van der Waals surface area contributed by atoms with E-state index in [0.717, 1.165) is 18.4 Å². The Bertz CT molecular complexity index is 469. The summed E-state index contributed by atoms with van der Waals surface area (Å²) in [5.74, 6) is 0.155. The summed E-state index contributed by atoms with van der Waals surface area (Å²) in [5, 5.41) is 0. The number of halogens is 3. The zero-order valence-electron chi connectivity index (χ0n) is 12.8. The van der Waals surface area contributed by atoms with Gasteiger partial charge >= 0.3 is 6.11 Å². The first-order valence-corrected chi connectivity index (χ1v) is 8.62. The fraction of sp³-hybridized carbons (Fsp3) is 0.647. The number of hydrogen-bond donors (Lipinski definition) is 0. The van der Waals surface area contributed by atoms with E-state index in [4.69, 9.17) is 4.74 Å². The summed E-state index contributed by atoms with van der Waals surface area (Å²) in [7, 11) is 0. The average Bonchev–Trinajstić information content (AvgIpc) is 2.46. The fourth-order valence-electron chi connectivity index (χ4n) is 2.97. The van der Waals surface area contributed by atoms with Gasteiger partial charge in [-0.1, -0.05) is 60.1 Å². The first-order valence-electron chi connectivity index (χ1n) is 7.54. The van der Waals surface area contributed by atoms with Crippen LogP contribution in [-0.2, 0) is 4.74 Å². The molecule has 0 aromatic rings. The molecule has 2 rings (SSSR count). The lowest BCUT2D eigenvalue weighted by Crippen LogP contribution is -2.34. The van der Waals surface area contributed by atoms with E-state index in [2.05, 4.69) is 29.5 Å². The second kappa shape index (κ2) is 6.39. The van der Waals surface area contributed by atoms with E-state index in [9.17, 15) is 8.78 Å². The summed E-state index contributed by atoms with van der Waals surface area (Å²) in [6, 6.07) is 0. The molecule has 0 aromatic heterocycles. The Labute approximate surface area is 139 Å². The van der Waals surface area contributed by atoms with Gasteiger partial charge in [-0.25, -0.2) is 0 Å². The molecule has 118 valence electrons. The van der Waals surface area contributed by atoms with Crippen molar-refractivity contribution in [2.75, 3.05) is 0 Å². The molecule has 2 aliphatic rings. The molecule has 2 aliphatic carbocycles. The van der Waals surface area contributed by atoms with E-state index >= 15 is 0 Å². The third-order valence-electron chi connectivity index (χ3n) is 4.19. The molecule has 21 heavy (non-hydrogen) atoms. The van der Waals surface area contributed by atoms with Crippen LogP contribution in [0.4, 0.5) is 8.78 Å². The van der Waals surface area contributed by atoms with Crippen molar-refractivity contribution in [2.45, 2.75) is 56.0 Å². The minimum atomic E-state index is -3.08. The molecule has 0 aromatic carbocycles. The lowest BCUT2D eigenvalue weighted by Gasteiger charge is -2.32. The predicted octanol–water partition coefficient (Wildman–Crippen LogP) is 6.02. The van der Waals surface area contributed by atoms with Crippen molar-refractivity contribution in [1.82, 2.24) is 0 Å². The first kappa shape index (κ1) is 17.0. The predicted molar refractivity (Wildman–Crippen MR) is 90.6 cm³/mol. The van der Waals surface area contributed by atoms with E-state index in [-0.39, 0.29) is 9.18 Å². The Morgan fingerprint density at radius 1 is 1.19 bits per heavy atom. The Morgan fingerprint density at radius 2 is 1.81 bits per heavy atom. The van der Waals surface area contributed by atoms with Crippen LogP contribution >= 0.6 is 22.6 Å². The molecule has 0 aliphatic heterocycles. The SMILES string of the molecule is CC1=CC(C)(I)C=C(OC(F)(F)C2CCC(C)CC2)C=C1. The maximum absolute atomic E-state index is 14.4. The lowest BCUT2D eigenvalue weighted by atomic mass is 9.82. The quantitative estimate of drug-likeness (QED) is 0.410. The smallest absolute Gasteiger partial charge is 0.400 e. The highest BCUT2D eigenvalue weighted by Gasteiger charge is 2.43. The Morgan fingerprint density at radius 3 is 2.43 bits per heavy atom. The molecule has 0 bridgehead atoms. The topological polar surface area (TPSA) is 9.23 Å². The Balaban J connectivity index is 2.09. The van der Waals surface area contributed by atoms with Crippen molar-refractivity contribution in [1.29, 1.82) is 0 Å². The number of alkyl halides is 3. The van der Waals surface area contributed by atoms with Crippen molar-refractivity contribution in [2.24, 2.45) is 11.8 Å². The molecule has 0 radical (unpaired) electrons. The van der Waals surface area contributed by atoms with Gasteiger partial charge in [0.25, 0.3) is 0 Å². The van der Waals surface area contributed by atoms with Crippen molar-refractivity contribution < 1.29 is 13.5 Å². The van der Waals surface area contributed by atoms with Gasteiger partial charge in [0, 0.05) is 0 Å². The summed E-state index contributed by atoms with van der Waals surface area (Å²) < 4.78 is 33.6. The van der Waals surface area contributed by atoms with Gasteiger partial charge < -0.3 is 4.74 Å². The summed E-state index contributed by atoms with van der Waals surface area (Å²) in [6.07, 6.45) is 7.02. The molecule has 1 fully saturated rings. The highest BCUT2D eigenvalue weighted by atomic mass is 127. The largest absolute Gasteiger partial charge is 0.433 e. The monoisotopic (exact) mass is 408 g/mol. The minimum absolute atomic E-state index is 0.267. The third kappa shape index (κ3) is 4.80. The van der Waals surface area contributed by atoms with E-state index in [0.29, 0.717) is 18.8 Å². The number of allylic oxidation sites excluding steroid dienone is 5. The molecule has 0 amide bonds. The van der Waals surface area contributed by atoms with E-state index in [1.807, 2.05) is 26.0 Å². The van der Waals surface area contributed by atoms with Gasteiger partial charge in [-0.05, 0) is 44.8 Å². The van der Waals surface area contributed by atoms with Crippen LogP contribution < -0.4 is 0 Å². The molecule has 4 heteroatoms. The summed E-state index contributed by atoms with van der Waals surface area (Å²) >= 11 is 2.24. The number of hydrogen-bond acceptors (Lipinski definition) is 1. The lowest BCUT2D eigenvalue weighted by molar-refractivity contribution is -0.253. The second-order valence-electron chi connectivity index (χ2n) is 6.54. The molecule has 0 heterocycles. The average molecular weight is 408 g/mol. The highest BCUT2D eigenvalue weighted by molar-refractivity contribution is 14.1. The summed E-state index contributed by atoms with van der Waals surface area (Å²) in [4.78, 5) is 0. The molecule has 1 unspecified atom stereocenters. The van der Waals surface area contributed by atoms with Gasteiger partial charge in [-0.3, -0.25) is 0 Å². The van der Waals surface area contributed by atoms with Crippen molar-refractivity contribution >= 4 is 22.6 Å². The third-order valence-corrected chi connectivity index (χ3v) is 4.81. The maximum Gasteiger partial charge on any atom is 0.400 e. The zero-order chi connectivity index (χ0) is 15.7. The van der Waals surface area contributed by atoms with Crippen LogP contribution in [-0.4, -0.2) is 9.53 Å². The van der Waals surface area contributed by atoms with Crippen molar-refractivity contribution in [3.05, 3.63) is 35.6 Å². The molecule has 1 saturated carbocycles. The fourth-order valence-corrected chi connectivity index (χ4v) is 3.77. The van der Waals surface area contributed by atoms with Crippen LogP contribution in [0.3, 0.4) is 0 Å². The van der Waals surface area contributed by atoms with Crippen LogP contribution in [0.25, 0.3) is 0 Å². The van der Waals surface area contributed by atoms with Gasteiger partial charge in [0.2, 0.25) is 0 Å². The van der Waals surface area contributed by atoms with Gasteiger partial charge in [0.05, 0.1) is 9.34 Å².